The van der Waals surface area contributed by atoms with E-state index >= 15 is 0 Å². The first kappa shape index (κ1) is 14.6. The number of amides is 2. The van der Waals surface area contributed by atoms with Crippen molar-refractivity contribution in [2.45, 2.75) is 26.3 Å². The standard InChI is InChI=1S/C14H16N2O3/c1-5-14(3,4)16-13(19)15-11-7-6-9(2)8-10(11)12(17)18/h1,6-8H,2-4H3,(H,17,18)(H2,15,16,19). The summed E-state index contributed by atoms with van der Waals surface area (Å²) in [6.45, 7) is 5.11. The average molecular weight is 260 g/mol. The monoisotopic (exact) mass is 260 g/mol. The molecule has 0 radical (unpaired) electrons. The Kier molecular flexibility index (Phi) is 4.18. The molecule has 0 aliphatic heterocycles. The summed E-state index contributed by atoms with van der Waals surface area (Å²) in [4.78, 5) is 22.8. The zero-order chi connectivity index (χ0) is 14.6. The minimum absolute atomic E-state index is 0.0358. The zero-order valence-electron chi connectivity index (χ0n) is 11.1. The van der Waals surface area contributed by atoms with Crippen LogP contribution in [0.2, 0.25) is 0 Å². The number of carbonyl (C=O) groups is 2. The summed E-state index contributed by atoms with van der Waals surface area (Å²) in [5.74, 6) is 1.31. The van der Waals surface area contributed by atoms with Crippen molar-refractivity contribution in [3.05, 3.63) is 29.3 Å². The molecule has 0 aromatic heterocycles. The van der Waals surface area contributed by atoms with Crippen molar-refractivity contribution in [1.82, 2.24) is 5.32 Å². The lowest BCUT2D eigenvalue weighted by atomic mass is 10.1. The number of nitrogens with one attached hydrogen (secondary N) is 2. The minimum Gasteiger partial charge on any atom is -0.478 e. The third-order valence-corrected chi connectivity index (χ3v) is 2.44. The van der Waals surface area contributed by atoms with E-state index in [1.165, 1.54) is 6.07 Å². The van der Waals surface area contributed by atoms with Crippen LogP contribution in [0.25, 0.3) is 0 Å². The molecule has 3 N–H and O–H groups in total. The van der Waals surface area contributed by atoms with Crippen LogP contribution in [0.5, 0.6) is 0 Å². The summed E-state index contributed by atoms with van der Waals surface area (Å²) in [5, 5.41) is 14.1. The molecular weight excluding hydrogens is 244 g/mol. The van der Waals surface area contributed by atoms with Crippen molar-refractivity contribution in [2.75, 3.05) is 5.32 Å². The lowest BCUT2D eigenvalue weighted by Crippen LogP contribution is -2.44. The van der Waals surface area contributed by atoms with Crippen LogP contribution in [0.15, 0.2) is 18.2 Å². The van der Waals surface area contributed by atoms with E-state index in [2.05, 4.69) is 16.6 Å². The Labute approximate surface area is 112 Å². The van der Waals surface area contributed by atoms with Gasteiger partial charge in [-0.2, -0.15) is 0 Å². The van der Waals surface area contributed by atoms with Crippen molar-refractivity contribution >= 4 is 17.7 Å². The predicted molar refractivity (Wildman–Crippen MR) is 73.2 cm³/mol. The van der Waals surface area contributed by atoms with Crippen molar-refractivity contribution in [1.29, 1.82) is 0 Å². The number of urea groups is 1. The highest BCUT2D eigenvalue weighted by atomic mass is 16.4. The molecule has 1 aromatic carbocycles. The third kappa shape index (κ3) is 4.03. The lowest BCUT2D eigenvalue weighted by molar-refractivity contribution is 0.0698. The van der Waals surface area contributed by atoms with Gasteiger partial charge in [-0.15, -0.1) is 6.42 Å². The van der Waals surface area contributed by atoms with Crippen LogP contribution >= 0.6 is 0 Å². The Morgan fingerprint density at radius 2 is 2.00 bits per heavy atom. The molecule has 0 spiro atoms. The predicted octanol–water partition coefficient (Wildman–Crippen LogP) is 2.23. The van der Waals surface area contributed by atoms with Crippen molar-refractivity contribution in [2.24, 2.45) is 0 Å². The Bertz CT molecular complexity index is 556. The molecule has 2 amide bonds. The highest BCUT2D eigenvalue weighted by Gasteiger charge is 2.18. The molecule has 0 bridgehead atoms. The molecule has 0 saturated carbocycles. The highest BCUT2D eigenvalue weighted by Crippen LogP contribution is 2.17. The van der Waals surface area contributed by atoms with Gasteiger partial charge in [0.25, 0.3) is 0 Å². The number of carbonyl (C=O) groups excluding carboxylic acids is 1. The van der Waals surface area contributed by atoms with Gasteiger partial charge < -0.3 is 15.7 Å². The molecule has 0 fully saturated rings. The second kappa shape index (κ2) is 5.44. The second-order valence-electron chi connectivity index (χ2n) is 4.70. The SMILES string of the molecule is C#CC(C)(C)NC(=O)Nc1ccc(C)cc1C(=O)O. The fraction of sp³-hybridized carbons (Fsp3) is 0.286. The van der Waals surface area contributed by atoms with Gasteiger partial charge in [-0.25, -0.2) is 9.59 Å². The van der Waals surface area contributed by atoms with E-state index in [-0.39, 0.29) is 11.3 Å². The fourth-order valence-electron chi connectivity index (χ4n) is 1.42. The first-order valence-corrected chi connectivity index (χ1v) is 5.66. The lowest BCUT2D eigenvalue weighted by Gasteiger charge is -2.20. The largest absolute Gasteiger partial charge is 0.478 e. The average Bonchev–Trinajstić information content (AvgIpc) is 2.30. The van der Waals surface area contributed by atoms with E-state index in [0.717, 1.165) is 5.56 Å². The highest BCUT2D eigenvalue weighted by molar-refractivity contribution is 6.00. The quantitative estimate of drug-likeness (QED) is 0.729. The van der Waals surface area contributed by atoms with Crippen LogP contribution < -0.4 is 10.6 Å². The molecular formula is C14H16N2O3. The van der Waals surface area contributed by atoms with Crippen molar-refractivity contribution < 1.29 is 14.7 Å². The fourth-order valence-corrected chi connectivity index (χ4v) is 1.42. The maximum absolute atomic E-state index is 11.7. The van der Waals surface area contributed by atoms with Gasteiger partial charge in [0, 0.05) is 0 Å². The molecule has 0 atom stereocenters. The number of anilines is 1. The van der Waals surface area contributed by atoms with Gasteiger partial charge in [0.1, 0.15) is 0 Å². The van der Waals surface area contributed by atoms with E-state index in [0.29, 0.717) is 0 Å². The second-order valence-corrected chi connectivity index (χ2v) is 4.70. The van der Waals surface area contributed by atoms with Gasteiger partial charge in [-0.05, 0) is 32.9 Å². The maximum Gasteiger partial charge on any atom is 0.337 e. The number of carboxylic acids is 1. The Balaban J connectivity index is 2.92. The molecule has 5 nitrogen and oxygen atoms in total. The summed E-state index contributed by atoms with van der Waals surface area (Å²) in [6.07, 6.45) is 5.26. The van der Waals surface area contributed by atoms with Crippen LogP contribution in [0, 0.1) is 19.3 Å². The molecule has 0 saturated heterocycles. The van der Waals surface area contributed by atoms with Crippen LogP contribution in [0.1, 0.15) is 29.8 Å². The Morgan fingerprint density at radius 3 is 2.53 bits per heavy atom. The number of benzene rings is 1. The maximum atomic E-state index is 11.7. The van der Waals surface area contributed by atoms with Crippen LogP contribution in [0.4, 0.5) is 10.5 Å². The Hall–Kier alpha value is -2.48. The summed E-state index contributed by atoms with van der Waals surface area (Å²) in [6, 6.07) is 4.20. The molecule has 0 unspecified atom stereocenters. The summed E-state index contributed by atoms with van der Waals surface area (Å²) in [5.41, 5.74) is 0.252. The normalized spacial score (nSPS) is 10.4. The van der Waals surface area contributed by atoms with Crippen LogP contribution in [0.3, 0.4) is 0 Å². The molecule has 100 valence electrons. The van der Waals surface area contributed by atoms with E-state index in [1.807, 2.05) is 0 Å². The summed E-state index contributed by atoms with van der Waals surface area (Å²) >= 11 is 0. The smallest absolute Gasteiger partial charge is 0.337 e. The number of carboxylic acid groups (broad SMARTS) is 1. The molecule has 0 aliphatic rings. The third-order valence-electron chi connectivity index (χ3n) is 2.44. The number of terminal acetylenes is 1. The van der Waals surface area contributed by atoms with Gasteiger partial charge in [-0.1, -0.05) is 17.6 Å². The minimum atomic E-state index is -1.10. The van der Waals surface area contributed by atoms with Gasteiger partial charge >= 0.3 is 12.0 Å². The zero-order valence-corrected chi connectivity index (χ0v) is 11.1. The van der Waals surface area contributed by atoms with Crippen LogP contribution in [-0.4, -0.2) is 22.6 Å². The Morgan fingerprint density at radius 1 is 1.37 bits per heavy atom. The van der Waals surface area contributed by atoms with E-state index in [9.17, 15) is 9.59 Å². The van der Waals surface area contributed by atoms with Gasteiger partial charge in [-0.3, -0.25) is 0 Å². The van der Waals surface area contributed by atoms with Gasteiger partial charge in [0.15, 0.2) is 0 Å². The van der Waals surface area contributed by atoms with E-state index in [1.54, 1.807) is 32.9 Å². The topological polar surface area (TPSA) is 78.4 Å². The molecule has 0 aliphatic carbocycles. The van der Waals surface area contributed by atoms with Gasteiger partial charge in [0.2, 0.25) is 0 Å². The number of hydrogen-bond donors (Lipinski definition) is 3. The first-order chi connectivity index (χ1) is 8.75. The first-order valence-electron chi connectivity index (χ1n) is 5.66. The van der Waals surface area contributed by atoms with Gasteiger partial charge in [0.05, 0.1) is 16.8 Å². The van der Waals surface area contributed by atoms with E-state index in [4.69, 9.17) is 11.5 Å². The molecule has 0 heterocycles. The molecule has 1 rings (SSSR count). The molecule has 1 aromatic rings. The summed E-state index contributed by atoms with van der Waals surface area (Å²) < 4.78 is 0. The number of hydrogen-bond acceptors (Lipinski definition) is 2. The van der Waals surface area contributed by atoms with E-state index < -0.39 is 17.5 Å². The van der Waals surface area contributed by atoms with Crippen molar-refractivity contribution in [3.63, 3.8) is 0 Å². The number of rotatable bonds is 3. The van der Waals surface area contributed by atoms with Crippen molar-refractivity contribution in [3.8, 4) is 12.3 Å². The number of aromatic carboxylic acids is 1. The summed E-state index contributed by atoms with van der Waals surface area (Å²) in [7, 11) is 0. The van der Waals surface area contributed by atoms with Crippen LogP contribution in [-0.2, 0) is 0 Å². The molecule has 5 heteroatoms. The molecule has 19 heavy (non-hydrogen) atoms. The number of aryl methyl sites for hydroxylation is 1.